The Balaban J connectivity index is 1.25. The molecular weight excluding hydrogens is 675 g/mol. The molecular formula is C49H43N5O+2. The van der Waals surface area contributed by atoms with E-state index >= 15 is 0 Å². The van der Waals surface area contributed by atoms with Gasteiger partial charge in [-0.05, 0) is 106 Å². The Bertz CT molecular complexity index is 3210. The van der Waals surface area contributed by atoms with E-state index in [1.165, 1.54) is 4.58 Å². The first kappa shape index (κ1) is 27.0. The van der Waals surface area contributed by atoms with Gasteiger partial charge in [0.05, 0.1) is 28.8 Å². The molecule has 5 aromatic carbocycles. The summed E-state index contributed by atoms with van der Waals surface area (Å²) in [5.74, 6) is 1.91. The number of para-hydroxylation sites is 2. The number of ether oxygens (including phenoxy) is 1. The smallest absolute Gasteiger partial charge is 0.457 e. The Hall–Kier alpha value is -6.62. The molecule has 3 aromatic heterocycles. The number of aryl methyl sites for hydroxylation is 3. The van der Waals surface area contributed by atoms with Gasteiger partial charge in [-0.3, -0.25) is 9.55 Å². The van der Waals surface area contributed by atoms with Crippen LogP contribution in [-0.4, -0.2) is 20.5 Å². The summed E-state index contributed by atoms with van der Waals surface area (Å²) in [6.45, 7) is 9.95. The number of benzene rings is 5. The average molecular weight is 725 g/mol. The molecule has 268 valence electrons. The molecule has 0 aliphatic carbocycles. The summed E-state index contributed by atoms with van der Waals surface area (Å²) < 4.78 is 71.2. The van der Waals surface area contributed by atoms with Crippen LogP contribution in [0.5, 0.6) is 11.5 Å². The highest BCUT2D eigenvalue weighted by Gasteiger charge is 2.36. The molecule has 0 unspecified atom stereocenters. The van der Waals surface area contributed by atoms with Crippen molar-refractivity contribution < 1.29 is 14.3 Å². The summed E-state index contributed by atoms with van der Waals surface area (Å²) in [7, 11) is 0. The van der Waals surface area contributed by atoms with Crippen LogP contribution >= 0.6 is 0 Å². The summed E-state index contributed by atoms with van der Waals surface area (Å²) in [4.78, 5) is 9.30. The maximum atomic E-state index is 8.93. The Morgan fingerprint density at radius 2 is 1.44 bits per heavy atom. The fraction of sp³-hybridized carbons (Fsp3) is 0.163. The third kappa shape index (κ3) is 6.11. The number of fused-ring (bicyclic) bond motifs is 4. The van der Waals surface area contributed by atoms with E-state index in [-0.39, 0.29) is 11.1 Å². The van der Waals surface area contributed by atoms with Gasteiger partial charge in [0.25, 0.3) is 11.4 Å². The van der Waals surface area contributed by atoms with Gasteiger partial charge < -0.3 is 4.74 Å². The van der Waals surface area contributed by atoms with Crippen molar-refractivity contribution in [2.45, 2.75) is 53.8 Å². The second-order valence-corrected chi connectivity index (χ2v) is 15.1. The minimum absolute atomic E-state index is 0.0893. The van der Waals surface area contributed by atoms with Gasteiger partial charge in [-0.25, -0.2) is 4.98 Å². The summed E-state index contributed by atoms with van der Waals surface area (Å²) >= 11 is 0. The van der Waals surface area contributed by atoms with Crippen molar-refractivity contribution in [3.8, 4) is 28.4 Å². The number of nitrogens with zero attached hydrogens (tertiary/aromatic N) is 5. The monoisotopic (exact) mass is 724 g/mol. The lowest BCUT2D eigenvalue weighted by Crippen LogP contribution is -2.12. The highest BCUT2D eigenvalue weighted by atomic mass is 16.5. The highest BCUT2D eigenvalue weighted by molar-refractivity contribution is 6.09. The van der Waals surface area contributed by atoms with E-state index in [4.69, 9.17) is 19.3 Å². The fourth-order valence-corrected chi connectivity index (χ4v) is 7.69. The van der Waals surface area contributed by atoms with Gasteiger partial charge >= 0.3 is 6.01 Å². The number of rotatable bonds is 6. The van der Waals surface area contributed by atoms with Gasteiger partial charge in [0.1, 0.15) is 17.3 Å². The molecule has 6 heteroatoms. The van der Waals surface area contributed by atoms with E-state index < -0.39 is 36.6 Å². The van der Waals surface area contributed by atoms with Gasteiger partial charge in [-0.1, -0.05) is 68.2 Å². The predicted molar refractivity (Wildman–Crippen MR) is 227 cm³/mol. The van der Waals surface area contributed by atoms with E-state index in [1.807, 2.05) is 73.1 Å². The van der Waals surface area contributed by atoms with Crippen LogP contribution in [0.2, 0.25) is 0 Å². The highest BCUT2D eigenvalue weighted by Crippen LogP contribution is 2.41. The van der Waals surface area contributed by atoms with Gasteiger partial charge in [0.2, 0.25) is 11.4 Å². The topological polar surface area (TPSA) is 46.0 Å². The van der Waals surface area contributed by atoms with Crippen LogP contribution in [0.3, 0.4) is 0 Å². The van der Waals surface area contributed by atoms with Crippen LogP contribution in [0.1, 0.15) is 58.2 Å². The van der Waals surface area contributed by atoms with Crippen LogP contribution in [0.4, 0.5) is 22.7 Å². The first-order chi connectivity index (χ1) is 29.4. The quantitative estimate of drug-likeness (QED) is 0.160. The molecule has 0 radical (unpaired) electrons. The van der Waals surface area contributed by atoms with Gasteiger partial charge in [-0.15, -0.1) is 0 Å². The molecule has 0 fully saturated rings. The standard InChI is InChI=1S/C49H43N5O/c1-31-12-14-37(15-13-31)52-30-53(44-11-9-8-10-43(44)52)38-24-35(48-33(3)22-32(2)23-34(48)4)25-40(27-38)55-39-16-17-41-42-19-20-50-29-46(42)54(45(41)28-39)47-26-36(18-21-51-47)49(5,6)7/h8-29H,1-7H3/q+2/i1D3,12D,13D,14D,15D. The lowest BCUT2D eigenvalue weighted by atomic mass is 9.88. The van der Waals surface area contributed by atoms with Crippen molar-refractivity contribution in [3.63, 3.8) is 0 Å². The zero-order chi connectivity index (χ0) is 44.0. The molecule has 0 N–H and O–H groups in total. The van der Waals surface area contributed by atoms with E-state index in [2.05, 4.69) is 81.4 Å². The van der Waals surface area contributed by atoms with Gasteiger partial charge in [0, 0.05) is 63.6 Å². The van der Waals surface area contributed by atoms with Crippen LogP contribution in [-0.2, 0) is 5.41 Å². The van der Waals surface area contributed by atoms with Crippen molar-refractivity contribution in [1.82, 2.24) is 23.7 Å². The van der Waals surface area contributed by atoms with E-state index in [9.17, 15) is 0 Å². The number of aromatic nitrogens is 3. The van der Waals surface area contributed by atoms with Crippen molar-refractivity contribution in [2.75, 3.05) is 0 Å². The molecule has 1 aliphatic rings. The van der Waals surface area contributed by atoms with E-state index in [0.717, 1.165) is 61.0 Å². The Kier molecular flexibility index (Phi) is 6.41. The number of hydrogen-bond acceptors (Lipinski definition) is 3. The van der Waals surface area contributed by atoms with Crippen molar-refractivity contribution >= 4 is 50.6 Å². The molecule has 1 aliphatic heterocycles. The first-order valence-electron chi connectivity index (χ1n) is 21.7. The molecule has 6 nitrogen and oxygen atoms in total. The largest absolute Gasteiger partial charge is 0.503 e. The summed E-state index contributed by atoms with van der Waals surface area (Å²) in [5.41, 5.74) is 9.28. The average Bonchev–Trinajstić information content (AvgIpc) is 3.75. The SMILES string of the molecule is [2H]c1c([2H])c(C([2H])([2H])[2H])c([2H])c([2H])c1[N+]1=C=[N+](c2cc(Oc3ccc4c5ccncc5n(-c5cc(C(C)(C)C)ccn5)c4c3)cc(-c3c(C)cc(C)cc3C)c2)c2ccccc21. The predicted octanol–water partition coefficient (Wildman–Crippen LogP) is 12.4. The molecule has 55 heavy (non-hydrogen) atoms. The Morgan fingerprint density at radius 1 is 0.709 bits per heavy atom. The van der Waals surface area contributed by atoms with E-state index in [1.54, 1.807) is 16.8 Å². The summed E-state index contributed by atoms with van der Waals surface area (Å²) in [6.07, 6.45) is 5.50. The third-order valence-corrected chi connectivity index (χ3v) is 10.1. The van der Waals surface area contributed by atoms with Crippen LogP contribution in [0, 0.1) is 27.6 Å². The van der Waals surface area contributed by atoms with Crippen LogP contribution in [0.15, 0.2) is 134 Å². The van der Waals surface area contributed by atoms with Crippen LogP contribution in [0.25, 0.3) is 38.8 Å². The molecule has 9 rings (SSSR count). The van der Waals surface area contributed by atoms with Crippen LogP contribution < -0.4 is 13.9 Å². The first-order valence-corrected chi connectivity index (χ1v) is 18.2. The third-order valence-electron chi connectivity index (χ3n) is 10.1. The van der Waals surface area contributed by atoms with Crippen molar-refractivity contribution in [2.24, 2.45) is 0 Å². The van der Waals surface area contributed by atoms with Gasteiger partial charge in [-0.2, -0.15) is 0 Å². The Labute approximate surface area is 331 Å². The minimum Gasteiger partial charge on any atom is -0.457 e. The van der Waals surface area contributed by atoms with Crippen molar-refractivity contribution in [3.05, 3.63) is 162 Å². The Morgan fingerprint density at radius 3 is 2.16 bits per heavy atom. The minimum atomic E-state index is -2.84. The molecule has 8 aromatic rings. The molecule has 0 spiro atoms. The molecule has 0 bridgehead atoms. The van der Waals surface area contributed by atoms with Crippen molar-refractivity contribution in [1.29, 1.82) is 0 Å². The van der Waals surface area contributed by atoms with E-state index in [0.29, 0.717) is 28.6 Å². The molecule has 0 atom stereocenters. The lowest BCUT2D eigenvalue weighted by molar-refractivity contribution is 0.483. The maximum Gasteiger partial charge on any atom is 0.503 e. The number of hydrogen-bond donors (Lipinski definition) is 0. The molecule has 4 heterocycles. The zero-order valence-electron chi connectivity index (χ0n) is 38.5. The lowest BCUT2D eigenvalue weighted by Gasteiger charge is -2.20. The zero-order valence-corrected chi connectivity index (χ0v) is 31.5. The second-order valence-electron chi connectivity index (χ2n) is 15.1. The molecule has 0 amide bonds. The summed E-state index contributed by atoms with van der Waals surface area (Å²) in [6, 6.07) is 31.0. The molecule has 0 saturated carbocycles. The number of pyridine rings is 2. The second kappa shape index (κ2) is 13.0. The molecule has 0 saturated heterocycles. The van der Waals surface area contributed by atoms with Gasteiger partial charge in [0.15, 0.2) is 0 Å². The normalized spacial score (nSPS) is 14.6. The fourth-order valence-electron chi connectivity index (χ4n) is 7.69. The maximum absolute atomic E-state index is 8.93. The summed E-state index contributed by atoms with van der Waals surface area (Å²) in [5, 5.41) is 2.06.